The van der Waals surface area contributed by atoms with E-state index in [0.29, 0.717) is 18.6 Å². The minimum Gasteiger partial charge on any atom is -0.497 e. The Morgan fingerprint density at radius 2 is 1.82 bits per heavy atom. The number of methoxy groups -OCH3 is 1. The van der Waals surface area contributed by atoms with Gasteiger partial charge in [0.25, 0.3) is 0 Å². The summed E-state index contributed by atoms with van der Waals surface area (Å²) in [5.41, 5.74) is 8.32. The van der Waals surface area contributed by atoms with Crippen LogP contribution in [0.1, 0.15) is 36.8 Å². The molecule has 3 rings (SSSR count). The number of guanidine groups is 1. The second kappa shape index (κ2) is 11.8. The first-order valence-electron chi connectivity index (χ1n) is 9.66. The molecule has 5 nitrogen and oxygen atoms in total. The van der Waals surface area contributed by atoms with Crippen LogP contribution < -0.4 is 20.5 Å². The van der Waals surface area contributed by atoms with Crippen molar-refractivity contribution in [2.45, 2.75) is 44.8 Å². The Morgan fingerprint density at radius 3 is 2.54 bits per heavy atom. The summed E-state index contributed by atoms with van der Waals surface area (Å²) in [5, 5.41) is 3.18. The zero-order chi connectivity index (χ0) is 18.9. The largest absolute Gasteiger partial charge is 0.497 e. The van der Waals surface area contributed by atoms with Gasteiger partial charge in [-0.2, -0.15) is 0 Å². The summed E-state index contributed by atoms with van der Waals surface area (Å²) >= 11 is 0. The van der Waals surface area contributed by atoms with E-state index in [4.69, 9.17) is 15.2 Å². The van der Waals surface area contributed by atoms with Crippen LogP contribution in [0.25, 0.3) is 0 Å². The highest BCUT2D eigenvalue weighted by molar-refractivity contribution is 14.0. The van der Waals surface area contributed by atoms with E-state index in [0.717, 1.165) is 42.9 Å². The Bertz CT molecular complexity index is 744. The van der Waals surface area contributed by atoms with E-state index >= 15 is 0 Å². The lowest BCUT2D eigenvalue weighted by atomic mass is 10.1. The zero-order valence-electron chi connectivity index (χ0n) is 16.4. The molecule has 1 fully saturated rings. The lowest BCUT2D eigenvalue weighted by Crippen LogP contribution is -2.33. The molecule has 0 amide bonds. The van der Waals surface area contributed by atoms with Crippen molar-refractivity contribution in [3.8, 4) is 11.5 Å². The van der Waals surface area contributed by atoms with Crippen molar-refractivity contribution in [1.29, 1.82) is 0 Å². The predicted octanol–water partition coefficient (Wildman–Crippen LogP) is 4.28. The van der Waals surface area contributed by atoms with Gasteiger partial charge in [-0.3, -0.25) is 0 Å². The average molecular weight is 495 g/mol. The number of hydrogen-bond donors (Lipinski definition) is 2. The van der Waals surface area contributed by atoms with Crippen LogP contribution in [0.5, 0.6) is 11.5 Å². The molecule has 2 aromatic carbocycles. The van der Waals surface area contributed by atoms with E-state index in [9.17, 15) is 0 Å². The molecule has 0 spiro atoms. The summed E-state index contributed by atoms with van der Waals surface area (Å²) in [6, 6.07) is 16.2. The molecule has 1 saturated carbocycles. The highest BCUT2D eigenvalue weighted by Crippen LogP contribution is 2.27. The summed E-state index contributed by atoms with van der Waals surface area (Å²) in [6.45, 7) is 1.26. The number of halogens is 1. The maximum Gasteiger partial charge on any atom is 0.188 e. The zero-order valence-corrected chi connectivity index (χ0v) is 18.7. The number of nitrogens with two attached hydrogens (primary N) is 1. The number of hydrogen-bond acceptors (Lipinski definition) is 3. The third-order valence-electron chi connectivity index (χ3n) is 4.87. The molecule has 0 aliphatic heterocycles. The molecule has 1 aliphatic carbocycles. The van der Waals surface area contributed by atoms with Gasteiger partial charge in [0.1, 0.15) is 11.5 Å². The standard InChI is InChI=1S/C22H29N3O2.HI/c1-26-19-12-10-17(11-13-19)14-15-24-22(23)25-16-18-6-2-5-9-21(18)27-20-7-3-4-8-20;/h2,5-6,9-13,20H,3-4,7-8,14-16H2,1H3,(H3,23,24,25);1H. The van der Waals surface area contributed by atoms with Crippen molar-refractivity contribution < 1.29 is 9.47 Å². The molecule has 152 valence electrons. The van der Waals surface area contributed by atoms with Gasteiger partial charge in [-0.15, -0.1) is 24.0 Å². The fourth-order valence-electron chi connectivity index (χ4n) is 3.29. The lowest BCUT2D eigenvalue weighted by molar-refractivity contribution is 0.208. The smallest absolute Gasteiger partial charge is 0.188 e. The molecule has 0 unspecified atom stereocenters. The summed E-state index contributed by atoms with van der Waals surface area (Å²) in [5.74, 6) is 2.25. The highest BCUT2D eigenvalue weighted by atomic mass is 127. The van der Waals surface area contributed by atoms with Gasteiger partial charge < -0.3 is 20.5 Å². The molecule has 0 heterocycles. The first-order valence-corrected chi connectivity index (χ1v) is 9.66. The Kier molecular flexibility index (Phi) is 9.40. The van der Waals surface area contributed by atoms with Crippen LogP contribution in [-0.4, -0.2) is 25.7 Å². The van der Waals surface area contributed by atoms with Gasteiger partial charge in [-0.25, -0.2) is 4.99 Å². The molecular weight excluding hydrogens is 465 g/mol. The number of aliphatic imine (C=N–C) groups is 1. The number of nitrogens with zero attached hydrogens (tertiary/aromatic N) is 1. The van der Waals surface area contributed by atoms with E-state index in [1.165, 1.54) is 18.4 Å². The predicted molar refractivity (Wildman–Crippen MR) is 125 cm³/mol. The molecule has 6 heteroatoms. The number of rotatable bonds is 8. The molecule has 0 atom stereocenters. The summed E-state index contributed by atoms with van der Waals surface area (Å²) < 4.78 is 11.3. The van der Waals surface area contributed by atoms with Gasteiger partial charge in [0, 0.05) is 12.1 Å². The molecule has 0 bridgehead atoms. The Balaban J connectivity index is 0.00000280. The van der Waals surface area contributed by atoms with Crippen LogP contribution in [0.3, 0.4) is 0 Å². The summed E-state index contributed by atoms with van der Waals surface area (Å²) in [4.78, 5) is 4.47. The van der Waals surface area contributed by atoms with Gasteiger partial charge in [0.05, 0.1) is 19.8 Å². The maximum atomic E-state index is 6.16. The monoisotopic (exact) mass is 495 g/mol. The van der Waals surface area contributed by atoms with Crippen LogP contribution in [0.15, 0.2) is 53.5 Å². The topological polar surface area (TPSA) is 68.9 Å². The first kappa shape index (κ1) is 22.3. The van der Waals surface area contributed by atoms with Crippen LogP contribution in [-0.2, 0) is 13.0 Å². The number of ether oxygens (including phenoxy) is 2. The molecule has 0 saturated heterocycles. The first-order chi connectivity index (χ1) is 13.2. The van der Waals surface area contributed by atoms with Gasteiger partial charge in [-0.1, -0.05) is 30.3 Å². The molecule has 1 aliphatic rings. The van der Waals surface area contributed by atoms with Crippen molar-refractivity contribution in [2.75, 3.05) is 13.7 Å². The third-order valence-corrected chi connectivity index (χ3v) is 4.87. The van der Waals surface area contributed by atoms with E-state index in [2.05, 4.69) is 28.5 Å². The number of para-hydroxylation sites is 1. The second-order valence-electron chi connectivity index (χ2n) is 6.86. The summed E-state index contributed by atoms with van der Waals surface area (Å²) in [7, 11) is 1.67. The Morgan fingerprint density at radius 1 is 1.11 bits per heavy atom. The van der Waals surface area contributed by atoms with Crippen LogP contribution in [0.4, 0.5) is 0 Å². The molecule has 3 N–H and O–H groups in total. The van der Waals surface area contributed by atoms with E-state index in [1.54, 1.807) is 7.11 Å². The normalized spacial score (nSPS) is 14.4. The quantitative estimate of drug-likeness (QED) is 0.326. The van der Waals surface area contributed by atoms with Crippen LogP contribution in [0, 0.1) is 0 Å². The Labute approximate surface area is 184 Å². The second-order valence-corrected chi connectivity index (χ2v) is 6.86. The molecule has 2 aromatic rings. The highest BCUT2D eigenvalue weighted by Gasteiger charge is 2.17. The molecule has 0 radical (unpaired) electrons. The minimum atomic E-state index is 0. The van der Waals surface area contributed by atoms with E-state index in [1.807, 2.05) is 30.3 Å². The van der Waals surface area contributed by atoms with Crippen LogP contribution >= 0.6 is 24.0 Å². The number of nitrogens with one attached hydrogen (secondary N) is 1. The van der Waals surface area contributed by atoms with Crippen molar-refractivity contribution in [2.24, 2.45) is 10.7 Å². The van der Waals surface area contributed by atoms with Gasteiger partial charge >= 0.3 is 0 Å². The van der Waals surface area contributed by atoms with Gasteiger partial charge in [-0.05, 0) is 55.9 Å². The molecule has 0 aromatic heterocycles. The van der Waals surface area contributed by atoms with Crippen molar-refractivity contribution in [3.05, 3.63) is 59.7 Å². The fourth-order valence-corrected chi connectivity index (χ4v) is 3.29. The van der Waals surface area contributed by atoms with Gasteiger partial charge in [0.2, 0.25) is 0 Å². The van der Waals surface area contributed by atoms with Crippen LogP contribution in [0.2, 0.25) is 0 Å². The summed E-state index contributed by atoms with van der Waals surface area (Å²) in [6.07, 6.45) is 6.03. The third kappa shape index (κ3) is 6.89. The molecular formula is C22H30IN3O2. The van der Waals surface area contributed by atoms with Crippen molar-refractivity contribution in [1.82, 2.24) is 5.32 Å². The molecule has 28 heavy (non-hydrogen) atoms. The maximum absolute atomic E-state index is 6.16. The van der Waals surface area contributed by atoms with Crippen molar-refractivity contribution in [3.63, 3.8) is 0 Å². The van der Waals surface area contributed by atoms with E-state index < -0.39 is 0 Å². The fraction of sp³-hybridized carbons (Fsp3) is 0.409. The van der Waals surface area contributed by atoms with E-state index in [-0.39, 0.29) is 24.0 Å². The minimum absolute atomic E-state index is 0. The van der Waals surface area contributed by atoms with Crippen molar-refractivity contribution >= 4 is 29.9 Å². The average Bonchev–Trinajstić information content (AvgIpc) is 3.21. The van der Waals surface area contributed by atoms with Gasteiger partial charge in [0.15, 0.2) is 5.96 Å². The number of benzene rings is 2. The lowest BCUT2D eigenvalue weighted by Gasteiger charge is -2.15. The Hall–Kier alpha value is -1.96. The SMILES string of the molecule is COc1ccc(CCNC(N)=NCc2ccccc2OC2CCCC2)cc1.I.